The van der Waals surface area contributed by atoms with Gasteiger partial charge >= 0.3 is 0 Å². The van der Waals surface area contributed by atoms with Crippen molar-refractivity contribution in [1.82, 2.24) is 9.13 Å². The molecule has 0 saturated heterocycles. The molecule has 0 spiro atoms. The Morgan fingerprint density at radius 1 is 0.491 bits per heavy atom. The van der Waals surface area contributed by atoms with Crippen molar-refractivity contribution < 1.29 is 4.42 Å². The van der Waals surface area contributed by atoms with Crippen molar-refractivity contribution in [3.8, 4) is 33.4 Å². The number of rotatable bonds is 5. The number of fused-ring (bicyclic) bond motifs is 9. The van der Waals surface area contributed by atoms with Gasteiger partial charge in [0, 0.05) is 60.2 Å². The third kappa shape index (κ3) is 4.92. The third-order valence-electron chi connectivity index (χ3n) is 12.3. The first-order chi connectivity index (χ1) is 28.3. The van der Waals surface area contributed by atoms with Crippen LogP contribution in [-0.2, 0) is 0 Å². The molecule has 7 aromatic carbocycles. The first-order valence-corrected chi connectivity index (χ1v) is 20.1. The molecule has 270 valence electrons. The highest BCUT2D eigenvalue weighted by Crippen LogP contribution is 2.45. The van der Waals surface area contributed by atoms with Crippen molar-refractivity contribution in [1.29, 1.82) is 0 Å². The second-order valence-corrected chi connectivity index (χ2v) is 15.5. The van der Waals surface area contributed by atoms with E-state index in [1.165, 1.54) is 71.6 Å². The summed E-state index contributed by atoms with van der Waals surface area (Å²) >= 11 is 0. The van der Waals surface area contributed by atoms with E-state index in [1.807, 2.05) is 0 Å². The van der Waals surface area contributed by atoms with Crippen LogP contribution in [0.4, 0.5) is 0 Å². The summed E-state index contributed by atoms with van der Waals surface area (Å²) in [5, 5.41) is 7.37. The molecular formula is C54H38N2O. The summed E-state index contributed by atoms with van der Waals surface area (Å²) in [5.74, 6) is 0. The summed E-state index contributed by atoms with van der Waals surface area (Å²) in [6.07, 6.45) is 18.8. The third-order valence-corrected chi connectivity index (χ3v) is 12.3. The van der Waals surface area contributed by atoms with Gasteiger partial charge in [0.05, 0.1) is 22.6 Å². The zero-order chi connectivity index (χ0) is 37.5. The summed E-state index contributed by atoms with van der Waals surface area (Å²) < 4.78 is 11.8. The minimum Gasteiger partial charge on any atom is -0.455 e. The highest BCUT2D eigenvalue weighted by molar-refractivity contribution is 6.16. The van der Waals surface area contributed by atoms with Gasteiger partial charge in [-0.05, 0) is 78.4 Å². The van der Waals surface area contributed by atoms with Crippen molar-refractivity contribution in [3.05, 3.63) is 188 Å². The minimum atomic E-state index is 0.216. The number of nitrogens with zero attached hydrogens (tertiary/aromatic N) is 2. The van der Waals surface area contributed by atoms with E-state index in [0.29, 0.717) is 0 Å². The topological polar surface area (TPSA) is 23.0 Å². The van der Waals surface area contributed by atoms with Crippen molar-refractivity contribution in [2.75, 3.05) is 0 Å². The average molecular weight is 731 g/mol. The van der Waals surface area contributed by atoms with Crippen molar-refractivity contribution in [2.45, 2.75) is 25.3 Å². The molecule has 3 aromatic heterocycles. The van der Waals surface area contributed by atoms with E-state index >= 15 is 0 Å². The maximum atomic E-state index is 6.71. The SMILES string of the molecule is C1=CCCC(n2c3ccccc3c3cccc(-c4cc(-c5cccc6c5oc5ccccc56)cc(-c5cccc6c7ccccc7n(C7C=CC=CC7)c56)c4)c32)=C1. The molecule has 2 aliphatic carbocycles. The fourth-order valence-corrected chi connectivity index (χ4v) is 9.78. The summed E-state index contributed by atoms with van der Waals surface area (Å²) in [5.41, 5.74) is 15.2. The van der Waals surface area contributed by atoms with Crippen LogP contribution in [0.15, 0.2) is 193 Å². The first kappa shape index (κ1) is 32.2. The van der Waals surface area contributed by atoms with Gasteiger partial charge in [0.25, 0.3) is 0 Å². The van der Waals surface area contributed by atoms with Crippen LogP contribution < -0.4 is 0 Å². The molecular weight excluding hydrogens is 693 g/mol. The Labute approximate surface area is 330 Å². The highest BCUT2D eigenvalue weighted by Gasteiger charge is 2.23. The monoisotopic (exact) mass is 730 g/mol. The van der Waals surface area contributed by atoms with Gasteiger partial charge in [0.2, 0.25) is 0 Å². The van der Waals surface area contributed by atoms with Gasteiger partial charge in [-0.15, -0.1) is 0 Å². The predicted octanol–water partition coefficient (Wildman–Crippen LogP) is 15.1. The molecule has 0 bridgehead atoms. The van der Waals surface area contributed by atoms with Crippen LogP contribution in [0, 0.1) is 0 Å². The van der Waals surface area contributed by atoms with Crippen LogP contribution in [0.1, 0.15) is 25.3 Å². The highest BCUT2D eigenvalue weighted by atomic mass is 16.3. The van der Waals surface area contributed by atoms with Gasteiger partial charge in [-0.2, -0.15) is 0 Å². The normalized spacial score (nSPS) is 15.6. The molecule has 0 saturated carbocycles. The van der Waals surface area contributed by atoms with Crippen LogP contribution in [0.25, 0.3) is 105 Å². The number of benzene rings is 7. The van der Waals surface area contributed by atoms with Crippen molar-refractivity contribution in [2.24, 2.45) is 0 Å². The number of para-hydroxylation sites is 6. The molecule has 3 heterocycles. The molecule has 0 radical (unpaired) electrons. The summed E-state index contributed by atoms with van der Waals surface area (Å²) in [6.45, 7) is 0. The molecule has 3 nitrogen and oxygen atoms in total. The number of allylic oxidation sites excluding steroid dienone is 8. The zero-order valence-electron chi connectivity index (χ0n) is 31.4. The molecule has 0 N–H and O–H groups in total. The van der Waals surface area contributed by atoms with E-state index < -0.39 is 0 Å². The van der Waals surface area contributed by atoms with Crippen LogP contribution in [0.2, 0.25) is 0 Å². The van der Waals surface area contributed by atoms with Crippen LogP contribution in [-0.4, -0.2) is 9.13 Å². The van der Waals surface area contributed by atoms with E-state index in [2.05, 4.69) is 197 Å². The van der Waals surface area contributed by atoms with Crippen LogP contribution in [0.3, 0.4) is 0 Å². The Balaban J connectivity index is 1.19. The minimum absolute atomic E-state index is 0.216. The standard InChI is InChI=1S/C54H38N2O/c1-3-16-38(17-4-1)55-49-29-10-7-20-43(49)46-26-13-23-40(52(46)55)35-32-36(34-37(33-35)42-25-15-28-48-45-22-9-12-31-51(45)57-54(42)48)41-24-14-27-47-44-21-8-11-30-50(44)56(53(41)47)39-18-5-2-6-19-39/h1-5,7-16,18,20-34,38H,6,17,19H2. The van der Waals surface area contributed by atoms with Gasteiger partial charge in [-0.1, -0.05) is 146 Å². The summed E-state index contributed by atoms with van der Waals surface area (Å²) in [4.78, 5) is 0. The van der Waals surface area contributed by atoms with Gasteiger partial charge < -0.3 is 13.6 Å². The number of aromatic nitrogens is 2. The molecule has 0 amide bonds. The van der Waals surface area contributed by atoms with Gasteiger partial charge in [0.1, 0.15) is 11.2 Å². The van der Waals surface area contributed by atoms with Gasteiger partial charge in [-0.3, -0.25) is 0 Å². The Hall–Kier alpha value is -7.10. The maximum absolute atomic E-state index is 6.71. The summed E-state index contributed by atoms with van der Waals surface area (Å²) in [7, 11) is 0. The van der Waals surface area contributed by atoms with E-state index in [0.717, 1.165) is 52.3 Å². The van der Waals surface area contributed by atoms with E-state index in [9.17, 15) is 0 Å². The molecule has 10 aromatic rings. The predicted molar refractivity (Wildman–Crippen MR) is 241 cm³/mol. The van der Waals surface area contributed by atoms with E-state index in [1.54, 1.807) is 0 Å². The largest absolute Gasteiger partial charge is 0.455 e. The van der Waals surface area contributed by atoms with E-state index in [4.69, 9.17) is 4.42 Å². The lowest BCUT2D eigenvalue weighted by atomic mass is 9.91. The fourth-order valence-electron chi connectivity index (χ4n) is 9.78. The second kappa shape index (κ2) is 12.7. The second-order valence-electron chi connectivity index (χ2n) is 15.5. The molecule has 1 unspecified atom stereocenters. The zero-order valence-corrected chi connectivity index (χ0v) is 31.4. The maximum Gasteiger partial charge on any atom is 0.143 e. The van der Waals surface area contributed by atoms with Gasteiger partial charge in [-0.25, -0.2) is 0 Å². The lowest BCUT2D eigenvalue weighted by molar-refractivity contribution is 0.648. The molecule has 3 heteroatoms. The number of furan rings is 1. The smallest absolute Gasteiger partial charge is 0.143 e. The van der Waals surface area contributed by atoms with Crippen molar-refractivity contribution >= 4 is 71.2 Å². The van der Waals surface area contributed by atoms with Crippen molar-refractivity contribution in [3.63, 3.8) is 0 Å². The molecule has 0 fully saturated rings. The Bertz CT molecular complexity index is 3390. The number of hydrogen-bond acceptors (Lipinski definition) is 1. The Morgan fingerprint density at radius 2 is 1.11 bits per heavy atom. The fraction of sp³-hybridized carbons (Fsp3) is 0.0741. The molecule has 0 aliphatic heterocycles. The Morgan fingerprint density at radius 3 is 1.84 bits per heavy atom. The lowest BCUT2D eigenvalue weighted by Crippen LogP contribution is -2.07. The molecule has 12 rings (SSSR count). The summed E-state index contributed by atoms with van der Waals surface area (Å²) in [6, 6.07) is 53.9. The van der Waals surface area contributed by atoms with Crippen LogP contribution in [0.5, 0.6) is 0 Å². The molecule has 2 aliphatic rings. The molecule has 57 heavy (non-hydrogen) atoms. The van der Waals surface area contributed by atoms with E-state index in [-0.39, 0.29) is 6.04 Å². The lowest BCUT2D eigenvalue weighted by Gasteiger charge is -2.21. The average Bonchev–Trinajstić information content (AvgIpc) is 3.95. The number of hydrogen-bond donors (Lipinski definition) is 0. The molecule has 1 atom stereocenters. The first-order valence-electron chi connectivity index (χ1n) is 20.1. The quantitative estimate of drug-likeness (QED) is 0.173. The van der Waals surface area contributed by atoms with Gasteiger partial charge in [0.15, 0.2) is 0 Å². The Kier molecular flexibility index (Phi) is 7.18. The van der Waals surface area contributed by atoms with Crippen LogP contribution >= 0.6 is 0 Å².